The fourth-order valence-corrected chi connectivity index (χ4v) is 3.25. The molecule has 0 saturated heterocycles. The van der Waals surface area contributed by atoms with E-state index in [1.807, 2.05) is 18.3 Å². The molecule has 0 unspecified atom stereocenters. The number of aromatic amines is 1. The molecule has 0 atom stereocenters. The van der Waals surface area contributed by atoms with Gasteiger partial charge in [-0.15, -0.1) is 0 Å². The standard InChI is InChI=1S/C14H11BrN2O2S/c15-11-2-5-13(6-3-11)20(18,19)17-12-4-1-10-7-8-16-14(10)9-12/h1-9,16-17H. The fourth-order valence-electron chi connectivity index (χ4n) is 1.94. The van der Waals surface area contributed by atoms with Crippen LogP contribution < -0.4 is 4.72 Å². The minimum atomic E-state index is -3.57. The number of fused-ring (bicyclic) bond motifs is 1. The van der Waals surface area contributed by atoms with E-state index in [4.69, 9.17) is 0 Å². The minimum absolute atomic E-state index is 0.229. The van der Waals surface area contributed by atoms with Crippen molar-refractivity contribution < 1.29 is 8.42 Å². The van der Waals surface area contributed by atoms with Crippen LogP contribution in [0.4, 0.5) is 5.69 Å². The number of H-pyrrole nitrogens is 1. The normalized spacial score (nSPS) is 11.7. The van der Waals surface area contributed by atoms with Crippen molar-refractivity contribution in [1.29, 1.82) is 0 Å². The summed E-state index contributed by atoms with van der Waals surface area (Å²) in [7, 11) is -3.57. The highest BCUT2D eigenvalue weighted by Crippen LogP contribution is 2.21. The van der Waals surface area contributed by atoms with Crippen molar-refractivity contribution in [2.75, 3.05) is 4.72 Å². The van der Waals surface area contributed by atoms with E-state index in [-0.39, 0.29) is 4.90 Å². The summed E-state index contributed by atoms with van der Waals surface area (Å²) in [5.74, 6) is 0. The second-order valence-electron chi connectivity index (χ2n) is 4.34. The van der Waals surface area contributed by atoms with Gasteiger partial charge in [0.2, 0.25) is 0 Å². The summed E-state index contributed by atoms with van der Waals surface area (Å²) in [4.78, 5) is 3.28. The molecule has 0 radical (unpaired) electrons. The van der Waals surface area contributed by atoms with Gasteiger partial charge in [-0.25, -0.2) is 8.42 Å². The van der Waals surface area contributed by atoms with Crippen molar-refractivity contribution in [3.63, 3.8) is 0 Å². The van der Waals surface area contributed by atoms with Crippen LogP contribution in [0, 0.1) is 0 Å². The van der Waals surface area contributed by atoms with Crippen LogP contribution in [0.3, 0.4) is 0 Å². The third-order valence-corrected chi connectivity index (χ3v) is 4.86. The average Bonchev–Trinajstić information content (AvgIpc) is 2.86. The molecule has 1 aromatic heterocycles. The van der Waals surface area contributed by atoms with Crippen molar-refractivity contribution in [3.05, 3.63) is 59.2 Å². The van der Waals surface area contributed by atoms with E-state index < -0.39 is 10.0 Å². The number of nitrogens with one attached hydrogen (secondary N) is 2. The Bertz CT molecular complexity index is 854. The highest BCUT2D eigenvalue weighted by atomic mass is 79.9. The van der Waals surface area contributed by atoms with Gasteiger partial charge in [0, 0.05) is 16.2 Å². The van der Waals surface area contributed by atoms with Crippen LogP contribution in [0.2, 0.25) is 0 Å². The van der Waals surface area contributed by atoms with Crippen LogP contribution in [0.15, 0.2) is 64.1 Å². The summed E-state index contributed by atoms with van der Waals surface area (Å²) in [6, 6.07) is 13.8. The Morgan fingerprint density at radius 1 is 1.00 bits per heavy atom. The fraction of sp³-hybridized carbons (Fsp3) is 0. The lowest BCUT2D eigenvalue weighted by Gasteiger charge is -2.08. The topological polar surface area (TPSA) is 62.0 Å². The molecule has 0 aliphatic rings. The molecule has 2 aromatic carbocycles. The molecule has 0 aliphatic heterocycles. The molecule has 3 rings (SSSR count). The third kappa shape index (κ3) is 2.57. The van der Waals surface area contributed by atoms with Crippen molar-refractivity contribution >= 4 is 42.5 Å². The van der Waals surface area contributed by atoms with Gasteiger partial charge in [-0.2, -0.15) is 0 Å². The van der Waals surface area contributed by atoms with E-state index in [0.717, 1.165) is 15.4 Å². The van der Waals surface area contributed by atoms with Gasteiger partial charge in [0.15, 0.2) is 0 Å². The molecule has 0 amide bonds. The summed E-state index contributed by atoms with van der Waals surface area (Å²) < 4.78 is 27.9. The first-order valence-electron chi connectivity index (χ1n) is 5.90. The molecule has 0 aliphatic carbocycles. The Morgan fingerprint density at radius 3 is 2.50 bits per heavy atom. The molecule has 2 N–H and O–H groups in total. The van der Waals surface area contributed by atoms with Crippen LogP contribution >= 0.6 is 15.9 Å². The molecule has 0 bridgehead atoms. The van der Waals surface area contributed by atoms with E-state index in [0.29, 0.717) is 5.69 Å². The second-order valence-corrected chi connectivity index (χ2v) is 6.94. The molecule has 20 heavy (non-hydrogen) atoms. The molecule has 0 saturated carbocycles. The second kappa shape index (κ2) is 4.96. The third-order valence-electron chi connectivity index (χ3n) is 2.93. The Labute approximate surface area is 125 Å². The first-order chi connectivity index (χ1) is 9.54. The summed E-state index contributed by atoms with van der Waals surface area (Å²) >= 11 is 3.28. The van der Waals surface area contributed by atoms with Crippen molar-refractivity contribution in [3.8, 4) is 0 Å². The lowest BCUT2D eigenvalue weighted by molar-refractivity contribution is 0.601. The van der Waals surface area contributed by atoms with Gasteiger partial charge in [0.05, 0.1) is 10.6 Å². The van der Waals surface area contributed by atoms with E-state index >= 15 is 0 Å². The number of aromatic nitrogens is 1. The first kappa shape index (κ1) is 13.2. The lowest BCUT2D eigenvalue weighted by Crippen LogP contribution is -2.12. The summed E-state index contributed by atoms with van der Waals surface area (Å²) in [6.45, 7) is 0. The quantitative estimate of drug-likeness (QED) is 0.755. The van der Waals surface area contributed by atoms with Crippen LogP contribution in [0.25, 0.3) is 10.9 Å². The molecular weight excluding hydrogens is 340 g/mol. The number of rotatable bonds is 3. The van der Waals surface area contributed by atoms with Crippen LogP contribution in [-0.4, -0.2) is 13.4 Å². The van der Waals surface area contributed by atoms with Gasteiger partial charge in [-0.05, 0) is 47.9 Å². The highest BCUT2D eigenvalue weighted by Gasteiger charge is 2.14. The van der Waals surface area contributed by atoms with Crippen molar-refractivity contribution in [2.24, 2.45) is 0 Å². The molecule has 1 heterocycles. The number of hydrogen-bond donors (Lipinski definition) is 2. The minimum Gasteiger partial charge on any atom is -0.361 e. The molecule has 6 heteroatoms. The monoisotopic (exact) mass is 350 g/mol. The highest BCUT2D eigenvalue weighted by molar-refractivity contribution is 9.10. The first-order valence-corrected chi connectivity index (χ1v) is 8.18. The summed E-state index contributed by atoms with van der Waals surface area (Å²) in [5, 5.41) is 1.04. The molecule has 0 spiro atoms. The number of halogens is 1. The van der Waals surface area contributed by atoms with Gasteiger partial charge in [-0.1, -0.05) is 22.0 Å². The summed E-state index contributed by atoms with van der Waals surface area (Å²) in [6.07, 6.45) is 1.82. The maximum Gasteiger partial charge on any atom is 0.261 e. The zero-order valence-electron chi connectivity index (χ0n) is 10.3. The number of sulfonamides is 1. The van der Waals surface area contributed by atoms with Crippen molar-refractivity contribution in [1.82, 2.24) is 4.98 Å². The molecule has 4 nitrogen and oxygen atoms in total. The smallest absolute Gasteiger partial charge is 0.261 e. The van der Waals surface area contributed by atoms with Crippen LogP contribution in [0.5, 0.6) is 0 Å². The van der Waals surface area contributed by atoms with Gasteiger partial charge < -0.3 is 4.98 Å². The zero-order valence-corrected chi connectivity index (χ0v) is 12.7. The Balaban J connectivity index is 1.94. The predicted molar refractivity (Wildman–Crippen MR) is 83.2 cm³/mol. The predicted octanol–water partition coefficient (Wildman–Crippen LogP) is 3.73. The number of hydrogen-bond acceptors (Lipinski definition) is 2. The average molecular weight is 351 g/mol. The zero-order chi connectivity index (χ0) is 14.2. The SMILES string of the molecule is O=S(=O)(Nc1ccc2cc[nH]c2c1)c1ccc(Br)cc1. The Kier molecular flexibility index (Phi) is 3.27. The van der Waals surface area contributed by atoms with Crippen LogP contribution in [-0.2, 0) is 10.0 Å². The Morgan fingerprint density at radius 2 is 1.75 bits per heavy atom. The van der Waals surface area contributed by atoms with Crippen molar-refractivity contribution in [2.45, 2.75) is 4.90 Å². The lowest BCUT2D eigenvalue weighted by atomic mass is 10.2. The molecule has 3 aromatic rings. The number of benzene rings is 2. The Hall–Kier alpha value is -1.79. The molecule has 0 fully saturated rings. The van der Waals surface area contributed by atoms with E-state index in [2.05, 4.69) is 25.6 Å². The number of anilines is 1. The van der Waals surface area contributed by atoms with Gasteiger partial charge in [-0.3, -0.25) is 4.72 Å². The summed E-state index contributed by atoms with van der Waals surface area (Å²) in [5.41, 5.74) is 1.42. The van der Waals surface area contributed by atoms with E-state index in [9.17, 15) is 8.42 Å². The van der Waals surface area contributed by atoms with E-state index in [1.54, 1.807) is 36.4 Å². The van der Waals surface area contributed by atoms with E-state index in [1.165, 1.54) is 0 Å². The molecule has 102 valence electrons. The largest absolute Gasteiger partial charge is 0.361 e. The van der Waals surface area contributed by atoms with Gasteiger partial charge in [0.1, 0.15) is 0 Å². The van der Waals surface area contributed by atoms with Gasteiger partial charge in [0.25, 0.3) is 10.0 Å². The van der Waals surface area contributed by atoms with Crippen LogP contribution in [0.1, 0.15) is 0 Å². The maximum atomic E-state index is 12.3. The van der Waals surface area contributed by atoms with Gasteiger partial charge >= 0.3 is 0 Å². The molecular formula is C14H11BrN2O2S. The maximum absolute atomic E-state index is 12.3.